The summed E-state index contributed by atoms with van der Waals surface area (Å²) in [5, 5.41) is 3.25. The number of rotatable bonds is 2. The number of carbonyl (C=O) groups excluding carboxylic acids is 1. The van der Waals surface area contributed by atoms with Crippen molar-refractivity contribution in [3.8, 4) is 0 Å². The van der Waals surface area contributed by atoms with E-state index in [4.69, 9.17) is 5.73 Å². The predicted molar refractivity (Wildman–Crippen MR) is 74.0 cm³/mol. The molecule has 0 aliphatic heterocycles. The third kappa shape index (κ3) is 3.05. The molecule has 4 atom stereocenters. The fourth-order valence-corrected chi connectivity index (χ4v) is 3.77. The van der Waals surface area contributed by atoms with Crippen LogP contribution in [-0.4, -0.2) is 18.0 Å². The molecule has 0 heterocycles. The molecule has 2 aliphatic carbocycles. The summed E-state index contributed by atoms with van der Waals surface area (Å²) in [5.41, 5.74) is 6.52. The predicted octanol–water partition coefficient (Wildman–Crippen LogP) is 2.44. The lowest BCUT2D eigenvalue weighted by atomic mass is 9.76. The first kappa shape index (κ1) is 13.9. The van der Waals surface area contributed by atoms with Gasteiger partial charge in [0.05, 0.1) is 5.92 Å². The minimum atomic E-state index is 0.0301. The monoisotopic (exact) mass is 252 g/mol. The smallest absolute Gasteiger partial charge is 0.225 e. The molecule has 0 radical (unpaired) electrons. The SMILES string of the molecule is CC1CCCC(N)C1C(=O)NC1CCC(C)(C)C1. The van der Waals surface area contributed by atoms with Crippen molar-refractivity contribution in [3.05, 3.63) is 0 Å². The molecule has 2 fully saturated rings. The van der Waals surface area contributed by atoms with E-state index >= 15 is 0 Å². The maximum Gasteiger partial charge on any atom is 0.225 e. The van der Waals surface area contributed by atoms with Crippen molar-refractivity contribution < 1.29 is 4.79 Å². The van der Waals surface area contributed by atoms with Crippen molar-refractivity contribution in [2.45, 2.75) is 71.4 Å². The molecule has 104 valence electrons. The first-order valence-corrected chi connectivity index (χ1v) is 7.45. The minimum Gasteiger partial charge on any atom is -0.353 e. The highest BCUT2D eigenvalue weighted by Crippen LogP contribution is 2.37. The van der Waals surface area contributed by atoms with Crippen molar-refractivity contribution >= 4 is 5.91 Å². The molecule has 1 amide bonds. The van der Waals surface area contributed by atoms with E-state index in [-0.39, 0.29) is 17.9 Å². The van der Waals surface area contributed by atoms with E-state index < -0.39 is 0 Å². The summed E-state index contributed by atoms with van der Waals surface area (Å²) < 4.78 is 0. The van der Waals surface area contributed by atoms with Gasteiger partial charge in [-0.25, -0.2) is 0 Å². The van der Waals surface area contributed by atoms with Crippen LogP contribution in [0.2, 0.25) is 0 Å². The van der Waals surface area contributed by atoms with Gasteiger partial charge in [0.2, 0.25) is 5.91 Å². The lowest BCUT2D eigenvalue weighted by molar-refractivity contribution is -0.128. The average Bonchev–Trinajstić information content (AvgIpc) is 2.57. The molecular weight excluding hydrogens is 224 g/mol. The largest absolute Gasteiger partial charge is 0.353 e. The minimum absolute atomic E-state index is 0.0301. The number of carbonyl (C=O) groups is 1. The van der Waals surface area contributed by atoms with Crippen LogP contribution in [-0.2, 0) is 4.79 Å². The Morgan fingerprint density at radius 1 is 1.28 bits per heavy atom. The van der Waals surface area contributed by atoms with Gasteiger partial charge in [0.25, 0.3) is 0 Å². The molecule has 0 aromatic rings. The number of hydrogen-bond acceptors (Lipinski definition) is 2. The van der Waals surface area contributed by atoms with Gasteiger partial charge >= 0.3 is 0 Å². The Morgan fingerprint density at radius 3 is 2.56 bits per heavy atom. The van der Waals surface area contributed by atoms with Crippen LogP contribution in [0.25, 0.3) is 0 Å². The van der Waals surface area contributed by atoms with Crippen molar-refractivity contribution in [2.75, 3.05) is 0 Å². The van der Waals surface area contributed by atoms with E-state index in [0.717, 1.165) is 25.7 Å². The van der Waals surface area contributed by atoms with Gasteiger partial charge in [-0.1, -0.05) is 27.2 Å². The second-order valence-corrected chi connectivity index (χ2v) is 7.21. The summed E-state index contributed by atoms with van der Waals surface area (Å²) in [4.78, 5) is 12.4. The maximum atomic E-state index is 12.4. The molecule has 2 saturated carbocycles. The van der Waals surface area contributed by atoms with Crippen LogP contribution in [0.1, 0.15) is 59.3 Å². The number of nitrogens with two attached hydrogens (primary N) is 1. The lowest BCUT2D eigenvalue weighted by Crippen LogP contribution is -2.49. The Morgan fingerprint density at radius 2 is 2.00 bits per heavy atom. The second-order valence-electron chi connectivity index (χ2n) is 7.21. The van der Waals surface area contributed by atoms with Crippen LogP contribution in [0.5, 0.6) is 0 Å². The maximum absolute atomic E-state index is 12.4. The number of nitrogens with one attached hydrogen (secondary N) is 1. The van der Waals surface area contributed by atoms with E-state index in [2.05, 4.69) is 26.1 Å². The Kier molecular flexibility index (Phi) is 4.00. The van der Waals surface area contributed by atoms with Crippen molar-refractivity contribution in [3.63, 3.8) is 0 Å². The summed E-state index contributed by atoms with van der Waals surface area (Å²) >= 11 is 0. The van der Waals surface area contributed by atoms with Crippen molar-refractivity contribution in [1.29, 1.82) is 0 Å². The summed E-state index contributed by atoms with van der Waals surface area (Å²) in [6, 6.07) is 0.428. The van der Waals surface area contributed by atoms with Crippen LogP contribution in [0, 0.1) is 17.3 Å². The zero-order chi connectivity index (χ0) is 13.3. The van der Waals surface area contributed by atoms with Gasteiger partial charge < -0.3 is 11.1 Å². The molecule has 0 spiro atoms. The van der Waals surface area contributed by atoms with Crippen molar-refractivity contribution in [2.24, 2.45) is 23.0 Å². The van der Waals surface area contributed by atoms with Crippen LogP contribution in [0.3, 0.4) is 0 Å². The molecule has 3 N–H and O–H groups in total. The molecule has 0 saturated heterocycles. The quantitative estimate of drug-likeness (QED) is 0.793. The van der Waals surface area contributed by atoms with E-state index in [1.165, 1.54) is 12.8 Å². The first-order valence-electron chi connectivity index (χ1n) is 7.45. The summed E-state index contributed by atoms with van der Waals surface area (Å²) in [6.07, 6.45) is 6.75. The van der Waals surface area contributed by atoms with E-state index in [9.17, 15) is 4.79 Å². The Balaban J connectivity index is 1.91. The Labute approximate surface area is 111 Å². The van der Waals surface area contributed by atoms with E-state index in [1.807, 2.05) is 0 Å². The third-order valence-corrected chi connectivity index (χ3v) is 4.89. The normalized spacial score (nSPS) is 39.6. The van der Waals surface area contributed by atoms with Gasteiger partial charge in [0, 0.05) is 12.1 Å². The van der Waals surface area contributed by atoms with Crippen molar-refractivity contribution in [1.82, 2.24) is 5.32 Å². The molecule has 3 nitrogen and oxygen atoms in total. The molecule has 18 heavy (non-hydrogen) atoms. The molecule has 2 rings (SSSR count). The van der Waals surface area contributed by atoms with Gasteiger partial charge in [0.15, 0.2) is 0 Å². The fraction of sp³-hybridized carbons (Fsp3) is 0.933. The molecule has 2 aliphatic rings. The van der Waals surface area contributed by atoms with Crippen LogP contribution in [0.4, 0.5) is 0 Å². The molecule has 4 unspecified atom stereocenters. The molecule has 0 aromatic heterocycles. The highest BCUT2D eigenvalue weighted by atomic mass is 16.2. The first-order chi connectivity index (χ1) is 8.39. The Bertz CT molecular complexity index is 304. The zero-order valence-corrected chi connectivity index (χ0v) is 12.0. The fourth-order valence-electron chi connectivity index (χ4n) is 3.77. The molecule has 3 heteroatoms. The van der Waals surface area contributed by atoms with Gasteiger partial charge in [-0.2, -0.15) is 0 Å². The third-order valence-electron chi connectivity index (χ3n) is 4.89. The molecule has 0 aromatic carbocycles. The molecular formula is C15H28N2O. The topological polar surface area (TPSA) is 55.1 Å². The Hall–Kier alpha value is -0.570. The summed E-state index contributed by atoms with van der Waals surface area (Å²) in [6.45, 7) is 6.74. The lowest BCUT2D eigenvalue weighted by Gasteiger charge is -2.34. The number of hydrogen-bond donors (Lipinski definition) is 2. The second kappa shape index (κ2) is 5.20. The van der Waals surface area contributed by atoms with Crippen LogP contribution < -0.4 is 11.1 Å². The zero-order valence-electron chi connectivity index (χ0n) is 12.0. The van der Waals surface area contributed by atoms with Crippen LogP contribution in [0.15, 0.2) is 0 Å². The highest BCUT2D eigenvalue weighted by molar-refractivity contribution is 5.80. The molecule has 0 bridgehead atoms. The highest BCUT2D eigenvalue weighted by Gasteiger charge is 2.37. The summed E-state index contributed by atoms with van der Waals surface area (Å²) in [5.74, 6) is 0.669. The number of amides is 1. The van der Waals surface area contributed by atoms with Crippen LogP contribution >= 0.6 is 0 Å². The van der Waals surface area contributed by atoms with E-state index in [0.29, 0.717) is 17.4 Å². The van der Waals surface area contributed by atoms with E-state index in [1.54, 1.807) is 0 Å². The van der Waals surface area contributed by atoms with Gasteiger partial charge in [-0.05, 0) is 43.4 Å². The summed E-state index contributed by atoms with van der Waals surface area (Å²) in [7, 11) is 0. The standard InChI is InChI=1S/C15H28N2O/c1-10-5-4-6-12(16)13(10)14(18)17-11-7-8-15(2,3)9-11/h10-13H,4-9,16H2,1-3H3,(H,17,18). The van der Waals surface area contributed by atoms with Gasteiger partial charge in [-0.3, -0.25) is 4.79 Å². The van der Waals surface area contributed by atoms with Gasteiger partial charge in [0.1, 0.15) is 0 Å². The van der Waals surface area contributed by atoms with Gasteiger partial charge in [-0.15, -0.1) is 0 Å². The average molecular weight is 252 g/mol.